The van der Waals surface area contributed by atoms with E-state index in [4.69, 9.17) is 9.47 Å². The van der Waals surface area contributed by atoms with Crippen molar-refractivity contribution in [2.24, 2.45) is 0 Å². The summed E-state index contributed by atoms with van der Waals surface area (Å²) in [4.78, 5) is 13.9. The molecule has 1 aliphatic rings. The van der Waals surface area contributed by atoms with Crippen molar-refractivity contribution in [1.29, 1.82) is 0 Å². The molecular weight excluding hydrogens is 416 g/mol. The van der Waals surface area contributed by atoms with Crippen LogP contribution < -0.4 is 19.1 Å². The van der Waals surface area contributed by atoms with E-state index in [1.54, 1.807) is 42.2 Å². The molecule has 3 rings (SSSR count). The first kappa shape index (κ1) is 23.1. The molecule has 1 saturated heterocycles. The van der Waals surface area contributed by atoms with Crippen LogP contribution in [0, 0.1) is 6.92 Å². The summed E-state index contributed by atoms with van der Waals surface area (Å²) in [5.41, 5.74) is 2.29. The topological polar surface area (TPSA) is 84.9 Å². The molecule has 8 heteroatoms. The van der Waals surface area contributed by atoms with E-state index < -0.39 is 16.1 Å². The number of sulfonamides is 1. The smallest absolute Gasteiger partial charge is 0.241 e. The fraction of sp³-hybridized carbons (Fsp3) is 0.435. The van der Waals surface area contributed by atoms with Gasteiger partial charge in [-0.2, -0.15) is 0 Å². The number of ether oxygens (including phenoxy) is 2. The first-order chi connectivity index (χ1) is 14.8. The van der Waals surface area contributed by atoms with Gasteiger partial charge in [-0.05, 0) is 75.6 Å². The zero-order chi connectivity index (χ0) is 22.6. The molecule has 1 heterocycles. The maximum Gasteiger partial charge on any atom is 0.241 e. The highest BCUT2D eigenvalue weighted by Gasteiger charge is 2.25. The monoisotopic (exact) mass is 446 g/mol. The van der Waals surface area contributed by atoms with Crippen LogP contribution in [0.4, 0.5) is 5.69 Å². The van der Waals surface area contributed by atoms with E-state index in [-0.39, 0.29) is 10.8 Å². The molecule has 1 atom stereocenters. The molecule has 1 fully saturated rings. The lowest BCUT2D eigenvalue weighted by atomic mass is 10.1. The Kier molecular flexibility index (Phi) is 7.23. The van der Waals surface area contributed by atoms with Crippen LogP contribution in [-0.2, 0) is 14.8 Å². The second-order valence-electron chi connectivity index (χ2n) is 7.51. The molecule has 2 aromatic carbocycles. The van der Waals surface area contributed by atoms with Crippen LogP contribution >= 0.6 is 0 Å². The Morgan fingerprint density at radius 2 is 1.77 bits per heavy atom. The third-order valence-electron chi connectivity index (χ3n) is 5.24. The molecule has 168 valence electrons. The minimum Gasteiger partial charge on any atom is -0.490 e. The number of benzene rings is 2. The van der Waals surface area contributed by atoms with E-state index >= 15 is 0 Å². The van der Waals surface area contributed by atoms with Crippen LogP contribution in [-0.4, -0.2) is 34.1 Å². The van der Waals surface area contributed by atoms with Gasteiger partial charge in [0.15, 0.2) is 11.5 Å². The third-order valence-corrected chi connectivity index (χ3v) is 6.78. The Balaban J connectivity index is 1.81. The molecule has 1 N–H and O–H groups in total. The van der Waals surface area contributed by atoms with E-state index in [0.29, 0.717) is 37.7 Å². The highest BCUT2D eigenvalue weighted by molar-refractivity contribution is 7.89. The van der Waals surface area contributed by atoms with E-state index in [1.807, 2.05) is 26.8 Å². The van der Waals surface area contributed by atoms with Gasteiger partial charge in [-0.25, -0.2) is 13.1 Å². The second kappa shape index (κ2) is 9.70. The van der Waals surface area contributed by atoms with Crippen molar-refractivity contribution >= 4 is 21.6 Å². The largest absolute Gasteiger partial charge is 0.490 e. The van der Waals surface area contributed by atoms with Crippen LogP contribution in [0.15, 0.2) is 41.3 Å². The van der Waals surface area contributed by atoms with Gasteiger partial charge >= 0.3 is 0 Å². The van der Waals surface area contributed by atoms with Gasteiger partial charge in [0.25, 0.3) is 0 Å². The van der Waals surface area contributed by atoms with E-state index in [1.165, 1.54) is 0 Å². The summed E-state index contributed by atoms with van der Waals surface area (Å²) in [5, 5.41) is 0. The number of amides is 1. The van der Waals surface area contributed by atoms with Crippen LogP contribution in [0.25, 0.3) is 0 Å². The molecule has 0 radical (unpaired) electrons. The molecule has 2 aromatic rings. The summed E-state index contributed by atoms with van der Waals surface area (Å²) in [6.45, 7) is 9.05. The Labute approximate surface area is 184 Å². The highest BCUT2D eigenvalue weighted by Crippen LogP contribution is 2.32. The van der Waals surface area contributed by atoms with Crippen molar-refractivity contribution in [3.8, 4) is 11.5 Å². The Bertz CT molecular complexity index is 1050. The summed E-state index contributed by atoms with van der Waals surface area (Å²) >= 11 is 0. The number of nitrogens with zero attached hydrogens (tertiary/aromatic N) is 1. The number of carbonyl (C=O) groups is 1. The van der Waals surface area contributed by atoms with Crippen molar-refractivity contribution in [2.75, 3.05) is 24.7 Å². The minimum atomic E-state index is -3.75. The Morgan fingerprint density at radius 3 is 2.39 bits per heavy atom. The molecule has 1 unspecified atom stereocenters. The summed E-state index contributed by atoms with van der Waals surface area (Å²) in [6, 6.07) is 9.82. The van der Waals surface area contributed by atoms with Crippen molar-refractivity contribution in [1.82, 2.24) is 4.72 Å². The maximum atomic E-state index is 13.0. The van der Waals surface area contributed by atoms with Gasteiger partial charge in [-0.1, -0.05) is 6.07 Å². The number of hydrogen-bond donors (Lipinski definition) is 1. The summed E-state index contributed by atoms with van der Waals surface area (Å²) < 4.78 is 39.9. The van der Waals surface area contributed by atoms with Crippen molar-refractivity contribution < 1.29 is 22.7 Å². The van der Waals surface area contributed by atoms with Gasteiger partial charge in [0.2, 0.25) is 15.9 Å². The lowest BCUT2D eigenvalue weighted by Gasteiger charge is -2.20. The predicted octanol–water partition coefficient (Wildman–Crippen LogP) is 3.96. The van der Waals surface area contributed by atoms with Gasteiger partial charge in [-0.3, -0.25) is 4.79 Å². The van der Waals surface area contributed by atoms with Crippen LogP contribution in [0.2, 0.25) is 0 Å². The molecule has 1 aliphatic heterocycles. The van der Waals surface area contributed by atoms with E-state index in [9.17, 15) is 13.2 Å². The quantitative estimate of drug-likeness (QED) is 0.630. The minimum absolute atomic E-state index is 0.0751. The van der Waals surface area contributed by atoms with E-state index in [2.05, 4.69) is 4.72 Å². The Morgan fingerprint density at radius 1 is 1.06 bits per heavy atom. The molecule has 7 nitrogen and oxygen atoms in total. The fourth-order valence-electron chi connectivity index (χ4n) is 3.71. The summed E-state index contributed by atoms with van der Waals surface area (Å²) in [7, 11) is -3.75. The van der Waals surface area contributed by atoms with Gasteiger partial charge in [0, 0.05) is 24.7 Å². The third kappa shape index (κ3) is 5.19. The SMILES string of the molecule is CCOc1ccc(C(C)NS(=O)(=O)c2ccc(N3CCCC3=O)c(C)c2)cc1OCC. The predicted molar refractivity (Wildman–Crippen MR) is 120 cm³/mol. The number of nitrogens with one attached hydrogen (secondary N) is 1. The number of carbonyl (C=O) groups excluding carboxylic acids is 1. The molecule has 31 heavy (non-hydrogen) atoms. The number of anilines is 1. The van der Waals surface area contributed by atoms with Gasteiger partial charge in [-0.15, -0.1) is 0 Å². The van der Waals surface area contributed by atoms with Crippen LogP contribution in [0.3, 0.4) is 0 Å². The number of rotatable bonds is 9. The fourth-order valence-corrected chi connectivity index (χ4v) is 5.02. The molecule has 0 spiro atoms. The average Bonchev–Trinajstić information content (AvgIpc) is 3.14. The van der Waals surface area contributed by atoms with Crippen molar-refractivity contribution in [3.63, 3.8) is 0 Å². The molecule has 0 aliphatic carbocycles. The molecule has 0 saturated carbocycles. The number of aryl methyl sites for hydroxylation is 1. The van der Waals surface area contributed by atoms with Crippen LogP contribution in [0.1, 0.15) is 50.8 Å². The first-order valence-electron chi connectivity index (χ1n) is 10.6. The zero-order valence-corrected chi connectivity index (χ0v) is 19.3. The Hall–Kier alpha value is -2.58. The van der Waals surface area contributed by atoms with Crippen molar-refractivity contribution in [2.45, 2.75) is 51.5 Å². The standard InChI is InChI=1S/C23H30N2O5S/c1-5-29-21-12-9-18(15-22(21)30-6-2)17(4)24-31(27,28)19-10-11-20(16(3)14-19)25-13-7-8-23(25)26/h9-12,14-15,17,24H,5-8,13H2,1-4H3. The summed E-state index contributed by atoms with van der Waals surface area (Å²) in [5.74, 6) is 1.29. The van der Waals surface area contributed by atoms with Crippen LogP contribution in [0.5, 0.6) is 11.5 Å². The lowest BCUT2D eigenvalue weighted by molar-refractivity contribution is -0.117. The average molecular weight is 447 g/mol. The van der Waals surface area contributed by atoms with Crippen molar-refractivity contribution in [3.05, 3.63) is 47.5 Å². The first-order valence-corrected chi connectivity index (χ1v) is 12.1. The lowest BCUT2D eigenvalue weighted by Crippen LogP contribution is -2.28. The highest BCUT2D eigenvalue weighted by atomic mass is 32.2. The normalized spacial score (nSPS) is 15.2. The second-order valence-corrected chi connectivity index (χ2v) is 9.23. The van der Waals surface area contributed by atoms with Gasteiger partial charge in [0.1, 0.15) is 0 Å². The summed E-state index contributed by atoms with van der Waals surface area (Å²) in [6.07, 6.45) is 1.35. The number of hydrogen-bond acceptors (Lipinski definition) is 5. The molecule has 0 aromatic heterocycles. The molecule has 1 amide bonds. The molecule has 0 bridgehead atoms. The van der Waals surface area contributed by atoms with Gasteiger partial charge in [0.05, 0.1) is 18.1 Å². The molecular formula is C23H30N2O5S. The van der Waals surface area contributed by atoms with Gasteiger partial charge < -0.3 is 14.4 Å². The zero-order valence-electron chi connectivity index (χ0n) is 18.5. The maximum absolute atomic E-state index is 13.0. The van der Waals surface area contributed by atoms with E-state index in [0.717, 1.165) is 23.2 Å².